The molecule has 1 saturated carbocycles. The van der Waals surface area contributed by atoms with Gasteiger partial charge < -0.3 is 0 Å². The Labute approximate surface area is 93.7 Å². The van der Waals surface area contributed by atoms with Crippen molar-refractivity contribution in [2.75, 3.05) is 0 Å². The van der Waals surface area contributed by atoms with Gasteiger partial charge in [-0.15, -0.1) is 0 Å². The van der Waals surface area contributed by atoms with Crippen LogP contribution in [-0.4, -0.2) is 18.2 Å². The van der Waals surface area contributed by atoms with Gasteiger partial charge in [0.15, 0.2) is 0 Å². The normalized spacial score (nSPS) is 18.5. The summed E-state index contributed by atoms with van der Waals surface area (Å²) in [5.74, 6) is 0.635. The number of aromatic nitrogens is 2. The first-order valence-electron chi connectivity index (χ1n) is 5.03. The maximum absolute atomic E-state index is 11.0. The summed E-state index contributed by atoms with van der Waals surface area (Å²) in [5.41, 5.74) is 0. The maximum Gasteiger partial charge on any atom is 0.264 e. The Kier molecular flexibility index (Phi) is 3.02. The van der Waals surface area contributed by atoms with Crippen LogP contribution in [0.25, 0.3) is 0 Å². The van der Waals surface area contributed by atoms with Crippen LogP contribution >= 0.6 is 10.7 Å². The third-order valence-corrected chi connectivity index (χ3v) is 4.12. The molecule has 4 nitrogen and oxygen atoms in total. The summed E-state index contributed by atoms with van der Waals surface area (Å²) in [6.45, 7) is 0.798. The second kappa shape index (κ2) is 4.14. The average molecular weight is 249 g/mol. The van der Waals surface area contributed by atoms with E-state index in [1.807, 2.05) is 0 Å². The van der Waals surface area contributed by atoms with Crippen molar-refractivity contribution in [1.82, 2.24) is 9.78 Å². The van der Waals surface area contributed by atoms with E-state index in [0.29, 0.717) is 5.92 Å². The summed E-state index contributed by atoms with van der Waals surface area (Å²) in [5, 5.41) is 4.00. The van der Waals surface area contributed by atoms with E-state index in [1.54, 1.807) is 4.68 Å². The Bertz CT molecular complexity index is 435. The van der Waals surface area contributed by atoms with Crippen molar-refractivity contribution in [3.63, 3.8) is 0 Å². The predicted molar refractivity (Wildman–Crippen MR) is 57.2 cm³/mol. The van der Waals surface area contributed by atoms with E-state index in [-0.39, 0.29) is 4.90 Å². The third-order valence-electron chi connectivity index (χ3n) is 2.81. The third kappa shape index (κ3) is 2.72. The molecule has 0 N–H and O–H groups in total. The second-order valence-electron chi connectivity index (χ2n) is 3.99. The topological polar surface area (TPSA) is 52.0 Å². The fraction of sp³-hybridized carbons (Fsp3) is 0.667. The van der Waals surface area contributed by atoms with Crippen molar-refractivity contribution in [2.45, 2.75) is 37.1 Å². The first kappa shape index (κ1) is 11.0. The summed E-state index contributed by atoms with van der Waals surface area (Å²) in [7, 11) is 1.58. The van der Waals surface area contributed by atoms with Crippen molar-refractivity contribution >= 4 is 19.7 Å². The summed E-state index contributed by atoms with van der Waals surface area (Å²) < 4.78 is 23.7. The highest BCUT2D eigenvalue weighted by Crippen LogP contribution is 2.26. The Morgan fingerprint density at radius 3 is 2.67 bits per heavy atom. The lowest BCUT2D eigenvalue weighted by atomic mass is 10.1. The van der Waals surface area contributed by atoms with E-state index in [1.165, 1.54) is 38.1 Å². The van der Waals surface area contributed by atoms with Gasteiger partial charge in [0.25, 0.3) is 9.05 Å². The fourth-order valence-corrected chi connectivity index (χ4v) is 2.69. The molecule has 0 aromatic carbocycles. The highest BCUT2D eigenvalue weighted by molar-refractivity contribution is 8.13. The van der Waals surface area contributed by atoms with Gasteiger partial charge in [0, 0.05) is 23.4 Å². The molecule has 6 heteroatoms. The van der Waals surface area contributed by atoms with Gasteiger partial charge in [-0.1, -0.05) is 12.8 Å². The molecule has 0 bridgehead atoms. The monoisotopic (exact) mass is 248 g/mol. The van der Waals surface area contributed by atoms with E-state index in [0.717, 1.165) is 6.54 Å². The van der Waals surface area contributed by atoms with Crippen LogP contribution in [-0.2, 0) is 15.6 Å². The van der Waals surface area contributed by atoms with Crippen LogP contribution < -0.4 is 0 Å². The molecule has 84 valence electrons. The molecule has 1 aliphatic carbocycles. The van der Waals surface area contributed by atoms with Crippen molar-refractivity contribution in [1.29, 1.82) is 0 Å². The zero-order valence-corrected chi connectivity index (χ0v) is 9.84. The quantitative estimate of drug-likeness (QED) is 0.769. The van der Waals surface area contributed by atoms with E-state index >= 15 is 0 Å². The summed E-state index contributed by atoms with van der Waals surface area (Å²) in [4.78, 5) is 0.0853. The standard InChI is InChI=1S/C9H13ClN2O2S/c10-15(13,14)9-5-11-12(7-9)6-8-3-1-2-4-8/h5,7-8H,1-4,6H2. The van der Waals surface area contributed by atoms with Gasteiger partial charge in [-0.05, 0) is 18.8 Å². The molecule has 0 unspecified atom stereocenters. The van der Waals surface area contributed by atoms with E-state index in [4.69, 9.17) is 10.7 Å². The smallest absolute Gasteiger partial charge is 0.264 e. The lowest BCUT2D eigenvalue weighted by molar-refractivity contribution is 0.428. The number of nitrogens with zero attached hydrogens (tertiary/aromatic N) is 2. The lowest BCUT2D eigenvalue weighted by Crippen LogP contribution is -2.07. The van der Waals surface area contributed by atoms with Crippen molar-refractivity contribution in [3.8, 4) is 0 Å². The number of rotatable bonds is 3. The molecular weight excluding hydrogens is 236 g/mol. The van der Waals surface area contributed by atoms with Crippen LogP contribution in [0.1, 0.15) is 25.7 Å². The first-order chi connectivity index (χ1) is 7.05. The van der Waals surface area contributed by atoms with Crippen LogP contribution in [0, 0.1) is 5.92 Å². The molecule has 0 saturated heterocycles. The van der Waals surface area contributed by atoms with E-state index < -0.39 is 9.05 Å². The average Bonchev–Trinajstić information content (AvgIpc) is 2.73. The van der Waals surface area contributed by atoms with Crippen molar-refractivity contribution in [2.24, 2.45) is 5.92 Å². The zero-order valence-electron chi connectivity index (χ0n) is 8.26. The van der Waals surface area contributed by atoms with Gasteiger partial charge in [-0.25, -0.2) is 8.42 Å². The van der Waals surface area contributed by atoms with E-state index in [9.17, 15) is 8.42 Å². The van der Waals surface area contributed by atoms with Gasteiger partial charge in [0.05, 0.1) is 6.20 Å². The molecule has 0 aliphatic heterocycles. The van der Waals surface area contributed by atoms with Gasteiger partial charge in [-0.3, -0.25) is 4.68 Å². The minimum atomic E-state index is -3.63. The maximum atomic E-state index is 11.0. The molecule has 0 spiro atoms. The fourth-order valence-electron chi connectivity index (χ4n) is 2.03. The summed E-state index contributed by atoms with van der Waals surface area (Å²) in [6, 6.07) is 0. The number of hydrogen-bond acceptors (Lipinski definition) is 3. The summed E-state index contributed by atoms with van der Waals surface area (Å²) >= 11 is 0. The highest BCUT2D eigenvalue weighted by atomic mass is 35.7. The molecule has 2 rings (SSSR count). The van der Waals surface area contributed by atoms with Gasteiger partial charge in [0.2, 0.25) is 0 Å². The summed E-state index contributed by atoms with van der Waals surface area (Å²) in [6.07, 6.45) is 7.77. The Morgan fingerprint density at radius 1 is 1.47 bits per heavy atom. The Balaban J connectivity index is 2.07. The van der Waals surface area contributed by atoms with Gasteiger partial charge in [-0.2, -0.15) is 5.10 Å². The predicted octanol–water partition coefficient (Wildman–Crippen LogP) is 2.00. The number of hydrogen-bond donors (Lipinski definition) is 0. The van der Waals surface area contributed by atoms with Crippen LogP contribution in [0.5, 0.6) is 0 Å². The van der Waals surface area contributed by atoms with Crippen LogP contribution in [0.2, 0.25) is 0 Å². The van der Waals surface area contributed by atoms with Crippen LogP contribution in [0.15, 0.2) is 17.3 Å². The number of halogens is 1. The highest BCUT2D eigenvalue weighted by Gasteiger charge is 2.17. The van der Waals surface area contributed by atoms with Crippen molar-refractivity contribution < 1.29 is 8.42 Å². The second-order valence-corrected chi connectivity index (χ2v) is 6.55. The van der Waals surface area contributed by atoms with E-state index in [2.05, 4.69) is 5.10 Å². The minimum absolute atomic E-state index is 0.0853. The molecule has 1 aromatic heterocycles. The van der Waals surface area contributed by atoms with Gasteiger partial charge >= 0.3 is 0 Å². The first-order valence-corrected chi connectivity index (χ1v) is 7.34. The molecule has 0 atom stereocenters. The molecular formula is C9H13ClN2O2S. The molecule has 1 heterocycles. The largest absolute Gasteiger partial charge is 0.271 e. The SMILES string of the molecule is O=S(=O)(Cl)c1cnn(CC2CCCC2)c1. The van der Waals surface area contributed by atoms with Crippen LogP contribution in [0.4, 0.5) is 0 Å². The molecule has 1 aromatic rings. The minimum Gasteiger partial charge on any atom is -0.271 e. The zero-order chi connectivity index (χ0) is 10.9. The van der Waals surface area contributed by atoms with Crippen molar-refractivity contribution in [3.05, 3.63) is 12.4 Å². The Hall–Kier alpha value is -0.550. The van der Waals surface area contributed by atoms with Gasteiger partial charge in [0.1, 0.15) is 4.90 Å². The molecule has 1 aliphatic rings. The molecule has 15 heavy (non-hydrogen) atoms. The molecule has 0 radical (unpaired) electrons. The Morgan fingerprint density at radius 2 is 2.13 bits per heavy atom. The molecule has 1 fully saturated rings. The van der Waals surface area contributed by atoms with Crippen LogP contribution in [0.3, 0.4) is 0 Å². The lowest BCUT2D eigenvalue weighted by Gasteiger charge is -2.07. The molecule has 0 amide bonds.